The lowest BCUT2D eigenvalue weighted by atomic mass is 9.71. The molecule has 1 aliphatic carbocycles. The van der Waals surface area contributed by atoms with Crippen molar-refractivity contribution in [1.29, 1.82) is 0 Å². The van der Waals surface area contributed by atoms with Crippen LogP contribution in [0.4, 0.5) is 0 Å². The fraction of sp³-hybridized carbons (Fsp3) is 0.750. The van der Waals surface area contributed by atoms with Crippen LogP contribution in [-0.2, 0) is 4.79 Å². The summed E-state index contributed by atoms with van der Waals surface area (Å²) in [7, 11) is 0. The summed E-state index contributed by atoms with van der Waals surface area (Å²) in [5.74, 6) is 0.229. The maximum absolute atomic E-state index is 11.4. The van der Waals surface area contributed by atoms with Crippen LogP contribution in [0.3, 0.4) is 0 Å². The predicted octanol–water partition coefficient (Wildman–Crippen LogP) is 2.04. The molecule has 0 bridgehead atoms. The third kappa shape index (κ3) is 2.81. The van der Waals surface area contributed by atoms with E-state index in [1.54, 1.807) is 6.08 Å². The summed E-state index contributed by atoms with van der Waals surface area (Å²) in [5, 5.41) is 12.5. The second-order valence-corrected chi connectivity index (χ2v) is 4.91. The average molecular weight is 211 g/mol. The Labute approximate surface area is 91.6 Å². The van der Waals surface area contributed by atoms with Crippen molar-refractivity contribution in [3.05, 3.63) is 12.7 Å². The normalized spacial score (nSPS) is 36.1. The Kier molecular flexibility index (Phi) is 3.91. The van der Waals surface area contributed by atoms with Crippen molar-refractivity contribution >= 4 is 5.97 Å². The molecule has 0 amide bonds. The zero-order chi connectivity index (χ0) is 11.5. The summed E-state index contributed by atoms with van der Waals surface area (Å²) in [5.41, 5.74) is -0.731. The first-order valence-corrected chi connectivity index (χ1v) is 5.59. The molecule has 1 aliphatic rings. The van der Waals surface area contributed by atoms with Crippen molar-refractivity contribution in [2.24, 2.45) is 11.8 Å². The van der Waals surface area contributed by atoms with Crippen LogP contribution in [-0.4, -0.2) is 23.2 Å². The smallest absolute Gasteiger partial charge is 0.323 e. The molecule has 0 aromatic rings. The van der Waals surface area contributed by atoms with Gasteiger partial charge in [-0.2, -0.15) is 0 Å². The SMILES string of the molecule is C=CCNC1(C(=O)O)CC(C)CC(C)C1. The van der Waals surface area contributed by atoms with Crippen molar-refractivity contribution in [3.8, 4) is 0 Å². The van der Waals surface area contributed by atoms with Gasteiger partial charge in [-0.25, -0.2) is 0 Å². The summed E-state index contributed by atoms with van der Waals surface area (Å²) in [6, 6.07) is 0. The Bertz CT molecular complexity index is 240. The van der Waals surface area contributed by atoms with E-state index in [2.05, 4.69) is 25.7 Å². The Morgan fingerprint density at radius 1 is 1.53 bits per heavy atom. The lowest BCUT2D eigenvalue weighted by molar-refractivity contribution is -0.147. The Hall–Kier alpha value is -0.830. The van der Waals surface area contributed by atoms with Crippen molar-refractivity contribution in [2.75, 3.05) is 6.54 Å². The van der Waals surface area contributed by atoms with Gasteiger partial charge < -0.3 is 5.11 Å². The van der Waals surface area contributed by atoms with Crippen molar-refractivity contribution in [2.45, 2.75) is 38.6 Å². The van der Waals surface area contributed by atoms with Crippen LogP contribution in [0.1, 0.15) is 33.1 Å². The van der Waals surface area contributed by atoms with Gasteiger partial charge in [0, 0.05) is 6.54 Å². The molecular formula is C12H21NO2. The van der Waals surface area contributed by atoms with Gasteiger partial charge in [-0.3, -0.25) is 10.1 Å². The number of nitrogens with one attached hydrogen (secondary N) is 1. The molecule has 0 spiro atoms. The highest BCUT2D eigenvalue weighted by Crippen LogP contribution is 2.36. The van der Waals surface area contributed by atoms with E-state index in [4.69, 9.17) is 0 Å². The number of carboxylic acid groups (broad SMARTS) is 1. The van der Waals surface area contributed by atoms with E-state index in [1.165, 1.54) is 0 Å². The molecule has 0 aliphatic heterocycles. The third-order valence-electron chi connectivity index (χ3n) is 3.19. The number of hydrogen-bond donors (Lipinski definition) is 2. The fourth-order valence-electron chi connectivity index (χ4n) is 2.79. The number of aliphatic carboxylic acids is 1. The Balaban J connectivity index is 2.78. The minimum Gasteiger partial charge on any atom is -0.480 e. The van der Waals surface area contributed by atoms with E-state index in [1.807, 2.05) is 0 Å². The van der Waals surface area contributed by atoms with E-state index in [9.17, 15) is 9.90 Å². The highest BCUT2D eigenvalue weighted by atomic mass is 16.4. The second-order valence-electron chi connectivity index (χ2n) is 4.91. The number of rotatable bonds is 4. The van der Waals surface area contributed by atoms with Gasteiger partial charge >= 0.3 is 5.97 Å². The van der Waals surface area contributed by atoms with Crippen molar-refractivity contribution < 1.29 is 9.90 Å². The van der Waals surface area contributed by atoms with Crippen LogP contribution < -0.4 is 5.32 Å². The maximum Gasteiger partial charge on any atom is 0.323 e. The van der Waals surface area contributed by atoms with Crippen LogP contribution in [0.5, 0.6) is 0 Å². The number of hydrogen-bond acceptors (Lipinski definition) is 2. The monoisotopic (exact) mass is 211 g/mol. The lowest BCUT2D eigenvalue weighted by Gasteiger charge is -2.40. The van der Waals surface area contributed by atoms with Crippen LogP contribution in [0, 0.1) is 11.8 Å². The molecule has 3 heteroatoms. The van der Waals surface area contributed by atoms with E-state index in [-0.39, 0.29) is 0 Å². The zero-order valence-corrected chi connectivity index (χ0v) is 9.62. The fourth-order valence-corrected chi connectivity index (χ4v) is 2.79. The largest absolute Gasteiger partial charge is 0.480 e. The minimum atomic E-state index is -0.731. The van der Waals surface area contributed by atoms with Crippen LogP contribution >= 0.6 is 0 Å². The Morgan fingerprint density at radius 2 is 2.07 bits per heavy atom. The van der Waals surface area contributed by atoms with E-state index in [0.29, 0.717) is 18.4 Å². The first-order chi connectivity index (χ1) is 7.00. The summed E-state index contributed by atoms with van der Waals surface area (Å²) < 4.78 is 0. The molecule has 1 saturated carbocycles. The molecule has 1 rings (SSSR count). The Morgan fingerprint density at radius 3 is 2.47 bits per heavy atom. The van der Waals surface area contributed by atoms with E-state index in [0.717, 1.165) is 19.3 Å². The molecule has 0 radical (unpaired) electrons. The highest BCUT2D eigenvalue weighted by Gasteiger charge is 2.43. The standard InChI is InChI=1S/C12H21NO2/c1-4-5-13-12(11(14)15)7-9(2)6-10(3)8-12/h4,9-10,13H,1,5-8H2,2-3H3,(H,14,15). The molecule has 2 N–H and O–H groups in total. The molecule has 15 heavy (non-hydrogen) atoms. The van der Waals surface area contributed by atoms with Gasteiger partial charge in [0.05, 0.1) is 0 Å². The maximum atomic E-state index is 11.4. The van der Waals surface area contributed by atoms with Gasteiger partial charge in [0.15, 0.2) is 0 Å². The third-order valence-corrected chi connectivity index (χ3v) is 3.19. The van der Waals surface area contributed by atoms with Crippen LogP contribution in [0.25, 0.3) is 0 Å². The molecule has 0 aromatic carbocycles. The summed E-state index contributed by atoms with van der Waals surface area (Å²) in [6.07, 6.45) is 4.29. The van der Waals surface area contributed by atoms with Gasteiger partial charge in [0.2, 0.25) is 0 Å². The van der Waals surface area contributed by atoms with Crippen molar-refractivity contribution in [3.63, 3.8) is 0 Å². The van der Waals surface area contributed by atoms with Crippen molar-refractivity contribution in [1.82, 2.24) is 5.32 Å². The molecule has 86 valence electrons. The second kappa shape index (κ2) is 4.79. The number of carbonyl (C=O) groups is 1. The van der Waals surface area contributed by atoms with Gasteiger partial charge in [0.25, 0.3) is 0 Å². The molecule has 3 nitrogen and oxygen atoms in total. The molecule has 0 aromatic heterocycles. The first kappa shape index (κ1) is 12.2. The summed E-state index contributed by atoms with van der Waals surface area (Å²) in [6.45, 7) is 8.44. The average Bonchev–Trinajstić information content (AvgIpc) is 2.13. The van der Waals surface area contributed by atoms with Gasteiger partial charge in [0.1, 0.15) is 5.54 Å². The van der Waals surface area contributed by atoms with Gasteiger partial charge in [-0.05, 0) is 31.1 Å². The first-order valence-electron chi connectivity index (χ1n) is 5.59. The molecule has 2 atom stereocenters. The van der Waals surface area contributed by atoms with Crippen LogP contribution in [0.15, 0.2) is 12.7 Å². The quantitative estimate of drug-likeness (QED) is 0.700. The molecule has 1 fully saturated rings. The zero-order valence-electron chi connectivity index (χ0n) is 9.62. The molecule has 0 heterocycles. The van der Waals surface area contributed by atoms with Crippen LogP contribution in [0.2, 0.25) is 0 Å². The number of carboxylic acids is 1. The molecule has 2 unspecified atom stereocenters. The van der Waals surface area contributed by atoms with E-state index < -0.39 is 11.5 Å². The highest BCUT2D eigenvalue weighted by molar-refractivity contribution is 5.79. The lowest BCUT2D eigenvalue weighted by Crippen LogP contribution is -2.56. The topological polar surface area (TPSA) is 49.3 Å². The summed E-state index contributed by atoms with van der Waals surface area (Å²) >= 11 is 0. The van der Waals surface area contributed by atoms with E-state index >= 15 is 0 Å². The molecular weight excluding hydrogens is 190 g/mol. The summed E-state index contributed by atoms with van der Waals surface area (Å²) in [4.78, 5) is 11.4. The predicted molar refractivity (Wildman–Crippen MR) is 60.7 cm³/mol. The van der Waals surface area contributed by atoms with Gasteiger partial charge in [-0.1, -0.05) is 19.9 Å². The molecule has 0 saturated heterocycles. The van der Waals surface area contributed by atoms with Gasteiger partial charge in [-0.15, -0.1) is 6.58 Å². The minimum absolute atomic E-state index is 0.474.